The molecule has 0 spiro atoms. The summed E-state index contributed by atoms with van der Waals surface area (Å²) >= 11 is 0. The Bertz CT molecular complexity index is 657. The Balaban J connectivity index is 2.10. The Morgan fingerprint density at radius 1 is 1.14 bits per heavy atom. The van der Waals surface area contributed by atoms with Crippen LogP contribution in [0.2, 0.25) is 0 Å². The van der Waals surface area contributed by atoms with Crippen molar-refractivity contribution in [3.8, 4) is 0 Å². The van der Waals surface area contributed by atoms with Gasteiger partial charge in [0.1, 0.15) is 11.4 Å². The standard InChI is InChI=1S/C18H22N2O/c1-12-9-10-20-17(19)16(12)18(2,21)15-8-7-13-5-3-4-6-14(13)11-15/h7-11,21H,3-6H2,1-2H3,(H2,19,20). The van der Waals surface area contributed by atoms with E-state index >= 15 is 0 Å². The molecule has 1 heterocycles. The molecule has 1 atom stereocenters. The van der Waals surface area contributed by atoms with Crippen molar-refractivity contribution < 1.29 is 5.11 Å². The first-order valence-electron chi connectivity index (χ1n) is 7.56. The highest BCUT2D eigenvalue weighted by Gasteiger charge is 2.30. The lowest BCUT2D eigenvalue weighted by Gasteiger charge is -2.28. The van der Waals surface area contributed by atoms with Gasteiger partial charge in [-0.3, -0.25) is 0 Å². The molecule has 3 N–H and O–H groups in total. The van der Waals surface area contributed by atoms with E-state index in [2.05, 4.69) is 17.1 Å². The zero-order chi connectivity index (χ0) is 15.0. The van der Waals surface area contributed by atoms with E-state index in [4.69, 9.17) is 5.73 Å². The summed E-state index contributed by atoms with van der Waals surface area (Å²) in [7, 11) is 0. The van der Waals surface area contributed by atoms with Crippen LogP contribution in [0.3, 0.4) is 0 Å². The minimum atomic E-state index is -1.12. The second-order valence-corrected chi connectivity index (χ2v) is 6.15. The zero-order valence-corrected chi connectivity index (χ0v) is 12.7. The van der Waals surface area contributed by atoms with Crippen molar-refractivity contribution in [3.05, 3.63) is 58.3 Å². The van der Waals surface area contributed by atoms with Crippen LogP contribution in [-0.2, 0) is 18.4 Å². The molecule has 0 aliphatic heterocycles. The van der Waals surface area contributed by atoms with Gasteiger partial charge in [-0.15, -0.1) is 0 Å². The Morgan fingerprint density at radius 2 is 1.86 bits per heavy atom. The van der Waals surface area contributed by atoms with Gasteiger partial charge in [0.2, 0.25) is 0 Å². The van der Waals surface area contributed by atoms with Crippen molar-refractivity contribution in [2.45, 2.75) is 45.1 Å². The maximum Gasteiger partial charge on any atom is 0.130 e. The van der Waals surface area contributed by atoms with Crippen LogP contribution in [0.25, 0.3) is 0 Å². The maximum atomic E-state index is 11.1. The summed E-state index contributed by atoms with van der Waals surface area (Å²) in [5.41, 5.74) is 10.2. The molecule has 0 amide bonds. The van der Waals surface area contributed by atoms with Crippen molar-refractivity contribution in [2.75, 3.05) is 5.73 Å². The summed E-state index contributed by atoms with van der Waals surface area (Å²) in [6, 6.07) is 8.20. The smallest absolute Gasteiger partial charge is 0.130 e. The SMILES string of the molecule is Cc1ccnc(N)c1C(C)(O)c1ccc2c(c1)CCCC2. The third kappa shape index (κ3) is 2.42. The van der Waals surface area contributed by atoms with Crippen LogP contribution in [0.5, 0.6) is 0 Å². The predicted molar refractivity (Wildman–Crippen MR) is 85.1 cm³/mol. The van der Waals surface area contributed by atoms with E-state index in [0.717, 1.165) is 24.0 Å². The van der Waals surface area contributed by atoms with Crippen LogP contribution in [0.1, 0.15) is 47.6 Å². The Hall–Kier alpha value is -1.87. The molecule has 1 aromatic carbocycles. The molecule has 110 valence electrons. The molecule has 2 aromatic rings. The topological polar surface area (TPSA) is 59.1 Å². The van der Waals surface area contributed by atoms with Gasteiger partial charge in [0.25, 0.3) is 0 Å². The fourth-order valence-electron chi connectivity index (χ4n) is 3.39. The van der Waals surface area contributed by atoms with Crippen LogP contribution in [-0.4, -0.2) is 10.1 Å². The minimum absolute atomic E-state index is 0.401. The fourth-order valence-corrected chi connectivity index (χ4v) is 3.39. The van der Waals surface area contributed by atoms with Gasteiger partial charge in [-0.05, 0) is 67.9 Å². The summed E-state index contributed by atoms with van der Waals surface area (Å²) in [5.74, 6) is 0.401. The maximum absolute atomic E-state index is 11.1. The van der Waals surface area contributed by atoms with Crippen LogP contribution in [0.4, 0.5) is 5.82 Å². The number of aryl methyl sites for hydroxylation is 3. The number of nitrogens with zero attached hydrogens (tertiary/aromatic N) is 1. The molecular weight excluding hydrogens is 260 g/mol. The molecule has 3 nitrogen and oxygen atoms in total. The summed E-state index contributed by atoms with van der Waals surface area (Å²) < 4.78 is 0. The number of aliphatic hydroxyl groups is 1. The minimum Gasteiger partial charge on any atom is -0.383 e. The lowest BCUT2D eigenvalue weighted by molar-refractivity contribution is 0.102. The second-order valence-electron chi connectivity index (χ2n) is 6.15. The highest BCUT2D eigenvalue weighted by atomic mass is 16.3. The Kier molecular flexibility index (Phi) is 3.46. The molecule has 1 aliphatic carbocycles. The van der Waals surface area contributed by atoms with Crippen molar-refractivity contribution in [1.29, 1.82) is 0 Å². The van der Waals surface area contributed by atoms with Gasteiger partial charge in [0, 0.05) is 11.8 Å². The first-order chi connectivity index (χ1) is 10.00. The number of aromatic nitrogens is 1. The number of nitrogen functional groups attached to an aromatic ring is 1. The average Bonchev–Trinajstić information content (AvgIpc) is 2.46. The number of nitrogens with two attached hydrogens (primary N) is 1. The van der Waals surface area contributed by atoms with Gasteiger partial charge in [0.15, 0.2) is 0 Å². The first-order valence-corrected chi connectivity index (χ1v) is 7.56. The van der Waals surface area contributed by atoms with Gasteiger partial charge in [0.05, 0.1) is 0 Å². The number of rotatable bonds is 2. The number of hydrogen-bond donors (Lipinski definition) is 2. The van der Waals surface area contributed by atoms with Gasteiger partial charge >= 0.3 is 0 Å². The van der Waals surface area contributed by atoms with E-state index in [1.54, 1.807) is 13.1 Å². The van der Waals surface area contributed by atoms with Crippen molar-refractivity contribution >= 4 is 5.82 Å². The zero-order valence-electron chi connectivity index (χ0n) is 12.7. The molecule has 3 heteroatoms. The lowest BCUT2D eigenvalue weighted by atomic mass is 9.82. The predicted octanol–water partition coefficient (Wildman–Crippen LogP) is 3.11. The third-order valence-corrected chi connectivity index (χ3v) is 4.59. The summed E-state index contributed by atoms with van der Waals surface area (Å²) in [6.45, 7) is 3.76. The number of pyridine rings is 1. The van der Waals surface area contributed by atoms with E-state index in [1.807, 2.05) is 19.1 Å². The second kappa shape index (κ2) is 5.15. The number of fused-ring (bicyclic) bond motifs is 1. The number of benzene rings is 1. The van der Waals surface area contributed by atoms with Crippen LogP contribution < -0.4 is 5.73 Å². The number of anilines is 1. The van der Waals surface area contributed by atoms with Gasteiger partial charge < -0.3 is 10.8 Å². The van der Waals surface area contributed by atoms with E-state index in [-0.39, 0.29) is 0 Å². The average molecular weight is 282 g/mol. The summed E-state index contributed by atoms with van der Waals surface area (Å²) in [5, 5.41) is 11.1. The molecule has 3 rings (SSSR count). The van der Waals surface area contributed by atoms with Crippen molar-refractivity contribution in [1.82, 2.24) is 4.98 Å². The highest BCUT2D eigenvalue weighted by Crippen LogP contribution is 2.36. The van der Waals surface area contributed by atoms with E-state index in [1.165, 1.54) is 24.0 Å². The van der Waals surface area contributed by atoms with Crippen LogP contribution in [0.15, 0.2) is 30.5 Å². The molecule has 1 unspecified atom stereocenters. The molecule has 21 heavy (non-hydrogen) atoms. The molecule has 0 radical (unpaired) electrons. The molecular formula is C18H22N2O. The molecule has 0 bridgehead atoms. The van der Waals surface area contributed by atoms with Gasteiger partial charge in [-0.25, -0.2) is 4.98 Å². The van der Waals surface area contributed by atoms with Crippen molar-refractivity contribution in [2.24, 2.45) is 0 Å². The quantitative estimate of drug-likeness (QED) is 0.889. The Morgan fingerprint density at radius 3 is 2.57 bits per heavy atom. The Labute approximate surface area is 125 Å². The molecule has 0 saturated carbocycles. The molecule has 0 fully saturated rings. The first kappa shape index (κ1) is 14.1. The monoisotopic (exact) mass is 282 g/mol. The molecule has 1 aromatic heterocycles. The largest absolute Gasteiger partial charge is 0.383 e. The van der Waals surface area contributed by atoms with E-state index in [0.29, 0.717) is 11.4 Å². The lowest BCUT2D eigenvalue weighted by Crippen LogP contribution is -2.26. The molecule has 1 aliphatic rings. The normalized spacial score (nSPS) is 17.1. The number of hydrogen-bond acceptors (Lipinski definition) is 3. The third-order valence-electron chi connectivity index (χ3n) is 4.59. The van der Waals surface area contributed by atoms with Crippen LogP contribution in [0, 0.1) is 6.92 Å². The highest BCUT2D eigenvalue weighted by molar-refractivity contribution is 5.52. The fraction of sp³-hybridized carbons (Fsp3) is 0.389. The van der Waals surface area contributed by atoms with Gasteiger partial charge in [-0.2, -0.15) is 0 Å². The van der Waals surface area contributed by atoms with E-state index < -0.39 is 5.60 Å². The van der Waals surface area contributed by atoms with Crippen LogP contribution >= 0.6 is 0 Å². The summed E-state index contributed by atoms with van der Waals surface area (Å²) in [4.78, 5) is 4.14. The van der Waals surface area contributed by atoms with E-state index in [9.17, 15) is 5.11 Å². The van der Waals surface area contributed by atoms with Crippen molar-refractivity contribution in [3.63, 3.8) is 0 Å². The van der Waals surface area contributed by atoms with Gasteiger partial charge in [-0.1, -0.05) is 18.2 Å². The molecule has 0 saturated heterocycles. The summed E-state index contributed by atoms with van der Waals surface area (Å²) in [6.07, 6.45) is 6.41.